The number of benzene rings is 8. The van der Waals surface area contributed by atoms with Crippen LogP contribution in [0.3, 0.4) is 0 Å². The monoisotopic (exact) mass is 929 g/mol. The molecule has 71 heavy (non-hydrogen) atoms. The van der Waals surface area contributed by atoms with Gasteiger partial charge >= 0.3 is 0 Å². The lowest BCUT2D eigenvalue weighted by atomic mass is 9.84. The number of anilines is 4. The van der Waals surface area contributed by atoms with Gasteiger partial charge in [-0.2, -0.15) is 0 Å². The maximum atomic E-state index is 9.45. The fourth-order valence-electron chi connectivity index (χ4n) is 10.5. The van der Waals surface area contributed by atoms with E-state index < -0.39 is 0 Å². The molecule has 0 spiro atoms. The predicted octanol–water partition coefficient (Wildman–Crippen LogP) is 18.1. The summed E-state index contributed by atoms with van der Waals surface area (Å²) >= 11 is 0. The first-order chi connectivity index (χ1) is 35.7. The zero-order valence-electron chi connectivity index (χ0n) is 46.0. The third-order valence-corrected chi connectivity index (χ3v) is 14.4. The zero-order chi connectivity index (χ0) is 52.5. The van der Waals surface area contributed by atoms with Crippen LogP contribution >= 0.6 is 0 Å². The number of rotatable bonds is 1. The molecule has 2 aliphatic rings. The van der Waals surface area contributed by atoms with Gasteiger partial charge in [-0.1, -0.05) is 178 Å². The number of aromatic nitrogens is 2. The Morgan fingerprint density at radius 2 is 1.10 bits per heavy atom. The Balaban J connectivity index is 1.19. The van der Waals surface area contributed by atoms with Crippen molar-refractivity contribution in [1.29, 1.82) is 0 Å². The highest BCUT2D eigenvalue weighted by Crippen LogP contribution is 2.52. The van der Waals surface area contributed by atoms with Crippen molar-refractivity contribution < 1.29 is 10.2 Å². The lowest BCUT2D eigenvalue weighted by Crippen LogP contribution is -2.25. The number of nitrogens with zero attached hydrogens (tertiary/aromatic N) is 4. The molecule has 0 aliphatic carbocycles. The molecular weight excluding hydrogens is 865 g/mol. The maximum Gasteiger partial charge on any atom is 0.138 e. The summed E-state index contributed by atoms with van der Waals surface area (Å²) in [5.74, 6) is 1.76. The van der Waals surface area contributed by atoms with Gasteiger partial charge in [-0.05, 0) is 116 Å². The van der Waals surface area contributed by atoms with Crippen LogP contribution in [0.5, 0.6) is 11.5 Å². The fraction of sp³-hybridized carbons (Fsp3) is 0.197. The summed E-state index contributed by atoms with van der Waals surface area (Å²) in [7, 11) is 0. The Morgan fingerprint density at radius 3 is 1.87 bits per heavy atom. The minimum atomic E-state index is -0.317. The van der Waals surface area contributed by atoms with Crippen LogP contribution in [0.15, 0.2) is 188 Å². The second-order valence-electron chi connectivity index (χ2n) is 22.3. The normalized spacial score (nSPS) is 14.2. The summed E-state index contributed by atoms with van der Waals surface area (Å²) in [6.07, 6.45) is 0. The highest BCUT2D eigenvalue weighted by molar-refractivity contribution is 6.09. The highest BCUT2D eigenvalue weighted by atomic mass is 16.5. The first-order valence-electron chi connectivity index (χ1n) is 26.7. The van der Waals surface area contributed by atoms with E-state index >= 15 is 0 Å². The van der Waals surface area contributed by atoms with Gasteiger partial charge in [-0.3, -0.25) is 4.57 Å². The Morgan fingerprint density at radius 1 is 0.465 bits per heavy atom. The molecule has 0 saturated heterocycles. The van der Waals surface area contributed by atoms with Crippen LogP contribution in [0, 0.1) is 0 Å². The van der Waals surface area contributed by atoms with Gasteiger partial charge in [-0.15, -0.1) is 0 Å². The number of para-hydroxylation sites is 4. The maximum absolute atomic E-state index is 9.45. The largest absolute Gasteiger partial charge is 0.457 e. The van der Waals surface area contributed by atoms with Gasteiger partial charge in [0.25, 0.3) is 0 Å². The number of pyridine rings is 1. The van der Waals surface area contributed by atoms with Crippen LogP contribution < -0.4 is 14.5 Å². The summed E-state index contributed by atoms with van der Waals surface area (Å²) in [5, 5.41) is 1.10. The summed E-state index contributed by atoms with van der Waals surface area (Å²) in [5.41, 5.74) is 16.3. The summed E-state index contributed by atoms with van der Waals surface area (Å²) in [6, 6.07) is 57.5. The summed E-state index contributed by atoms with van der Waals surface area (Å²) in [6.45, 7) is 20.6. The topological polar surface area (TPSA) is 33.5 Å². The van der Waals surface area contributed by atoms with Crippen molar-refractivity contribution in [3.63, 3.8) is 0 Å². The van der Waals surface area contributed by atoms with Gasteiger partial charge in [0.2, 0.25) is 0 Å². The SMILES string of the molecule is [2H]c1c([2H])c([2H])c2c(c1[2H])c1ccc3cc1n2-c1cc(C(C)(C)C)cc(n1)-c1cccc(c1)-c1ccccc1-c1cccc(-c2cccc(C(C)(C)C)c2)c1N1CN(c2cc(cc(C(C)(C)C)c2)O3)c2ccccc21. The van der Waals surface area contributed by atoms with Gasteiger partial charge in [0, 0.05) is 45.3 Å². The lowest BCUT2D eigenvalue weighted by molar-refractivity contribution is 0.479. The van der Waals surface area contributed by atoms with Gasteiger partial charge in [0.1, 0.15) is 24.0 Å². The van der Waals surface area contributed by atoms with Gasteiger partial charge < -0.3 is 14.5 Å². The van der Waals surface area contributed by atoms with Crippen molar-refractivity contribution in [3.05, 3.63) is 205 Å². The summed E-state index contributed by atoms with van der Waals surface area (Å²) < 4.78 is 45.4. The van der Waals surface area contributed by atoms with Crippen molar-refractivity contribution in [2.45, 2.75) is 78.6 Å². The molecule has 0 N–H and O–H groups in total. The second-order valence-corrected chi connectivity index (χ2v) is 22.3. The molecule has 10 bridgehead atoms. The van der Waals surface area contributed by atoms with E-state index in [4.69, 9.17) is 12.5 Å². The smallest absolute Gasteiger partial charge is 0.138 e. The second kappa shape index (κ2) is 16.3. The summed E-state index contributed by atoms with van der Waals surface area (Å²) in [4.78, 5) is 10.4. The molecule has 0 unspecified atom stereocenters. The van der Waals surface area contributed by atoms with Crippen LogP contribution in [0.2, 0.25) is 0 Å². The molecule has 0 amide bonds. The third-order valence-electron chi connectivity index (χ3n) is 14.4. The van der Waals surface area contributed by atoms with Crippen LogP contribution in [-0.2, 0) is 16.2 Å². The minimum Gasteiger partial charge on any atom is -0.457 e. The van der Waals surface area contributed by atoms with E-state index in [1.807, 2.05) is 22.8 Å². The first-order valence-corrected chi connectivity index (χ1v) is 24.7. The molecule has 4 heterocycles. The van der Waals surface area contributed by atoms with E-state index in [9.17, 15) is 2.74 Å². The van der Waals surface area contributed by atoms with Gasteiger partial charge in [0.05, 0.1) is 39.3 Å². The molecule has 0 radical (unpaired) electrons. The molecule has 5 nitrogen and oxygen atoms in total. The zero-order valence-corrected chi connectivity index (χ0v) is 42.0. The lowest BCUT2D eigenvalue weighted by Gasteiger charge is -2.29. The fourth-order valence-corrected chi connectivity index (χ4v) is 10.5. The predicted molar refractivity (Wildman–Crippen MR) is 299 cm³/mol. The molecular formula is C66H60N4O. The molecule has 10 aromatic rings. The quantitative estimate of drug-likeness (QED) is 0.164. The number of fused-ring (bicyclic) bond motifs is 23. The molecule has 0 fully saturated rings. The first kappa shape index (κ1) is 39.9. The van der Waals surface area contributed by atoms with E-state index in [-0.39, 0.29) is 40.4 Å². The van der Waals surface area contributed by atoms with Crippen molar-refractivity contribution in [2.24, 2.45) is 0 Å². The van der Waals surface area contributed by atoms with Gasteiger partial charge in [-0.25, -0.2) is 4.98 Å². The highest BCUT2D eigenvalue weighted by Gasteiger charge is 2.33. The van der Waals surface area contributed by atoms with Crippen LogP contribution in [-0.4, -0.2) is 16.2 Å². The van der Waals surface area contributed by atoms with E-state index in [1.165, 1.54) is 5.56 Å². The number of hydrogen-bond acceptors (Lipinski definition) is 4. The average molecular weight is 929 g/mol. The Kier molecular flexibility index (Phi) is 9.19. The Hall–Kier alpha value is -7.89. The molecule has 0 atom stereocenters. The minimum absolute atomic E-state index is 0.0566. The Bertz CT molecular complexity index is 3980. The average Bonchev–Trinajstić information content (AvgIpc) is 3.98. The number of ether oxygens (including phenoxy) is 1. The van der Waals surface area contributed by atoms with E-state index in [2.05, 4.69) is 218 Å². The molecule has 5 heteroatoms. The van der Waals surface area contributed by atoms with Crippen LogP contribution in [0.4, 0.5) is 22.7 Å². The van der Waals surface area contributed by atoms with Crippen molar-refractivity contribution in [3.8, 4) is 62.0 Å². The van der Waals surface area contributed by atoms with Crippen molar-refractivity contribution in [2.75, 3.05) is 16.5 Å². The molecule has 2 aliphatic heterocycles. The molecule has 2 aromatic heterocycles. The molecule has 8 aromatic carbocycles. The van der Waals surface area contributed by atoms with E-state index in [1.54, 1.807) is 0 Å². The van der Waals surface area contributed by atoms with Gasteiger partial charge in [0.15, 0.2) is 0 Å². The third kappa shape index (κ3) is 7.76. The molecule has 0 saturated carbocycles. The molecule has 12 rings (SSSR count). The number of hydrogen-bond donors (Lipinski definition) is 0. The van der Waals surface area contributed by atoms with E-state index in [0.717, 1.165) is 78.5 Å². The van der Waals surface area contributed by atoms with Crippen molar-refractivity contribution in [1.82, 2.24) is 9.55 Å². The Labute approximate surface area is 424 Å². The standard InChI is InChI=1S/C66H60N4O/c1-64(2,3)45-22-17-20-43(34-45)52-26-18-27-56-53-24-11-10-23-51(53)42-19-16-21-44(33-42)57-37-47(66(7,8)9)38-62(67-57)70-58-28-13-12-25-54(58)55-32-31-49(40-61(55)70)71-50-36-46(65(4,5)6)35-48(39-50)68-41-69(63(52)56)60-30-15-14-29-59(60)68/h10-40H,41H2,1-9H3/i12D,13D,25D,28D. The van der Waals surface area contributed by atoms with Crippen LogP contribution in [0.25, 0.3) is 72.3 Å². The van der Waals surface area contributed by atoms with Crippen molar-refractivity contribution >= 4 is 44.6 Å². The molecule has 350 valence electrons. The van der Waals surface area contributed by atoms with Crippen LogP contribution in [0.1, 0.15) is 84.5 Å². The van der Waals surface area contributed by atoms with E-state index in [0.29, 0.717) is 45.8 Å².